The van der Waals surface area contributed by atoms with Gasteiger partial charge in [-0.1, -0.05) is 13.3 Å². The topological polar surface area (TPSA) is 86.7 Å². The summed E-state index contributed by atoms with van der Waals surface area (Å²) in [5, 5.41) is 12.0. The fraction of sp³-hybridized carbons (Fsp3) is 0.800. The van der Waals surface area contributed by atoms with Crippen molar-refractivity contribution in [1.82, 2.24) is 10.2 Å². The Morgan fingerprint density at radius 2 is 2.00 bits per heavy atom. The SMILES string of the molecule is CC(CCCC(C)C(=O)O)NC1CC(=O)N(C2CC2)C1=O. The van der Waals surface area contributed by atoms with Crippen LogP contribution >= 0.6 is 0 Å². The Morgan fingerprint density at radius 1 is 1.33 bits per heavy atom. The highest BCUT2D eigenvalue weighted by atomic mass is 16.4. The first-order chi connectivity index (χ1) is 9.90. The van der Waals surface area contributed by atoms with E-state index in [2.05, 4.69) is 5.32 Å². The molecule has 0 spiro atoms. The Labute approximate surface area is 124 Å². The predicted molar refractivity (Wildman–Crippen MR) is 76.5 cm³/mol. The van der Waals surface area contributed by atoms with Crippen LogP contribution in [0.2, 0.25) is 0 Å². The molecule has 0 aromatic heterocycles. The van der Waals surface area contributed by atoms with E-state index in [1.807, 2.05) is 6.92 Å². The minimum absolute atomic E-state index is 0.0632. The molecule has 2 N–H and O–H groups in total. The molecule has 1 saturated heterocycles. The number of carboxylic acids is 1. The number of carbonyl (C=O) groups excluding carboxylic acids is 2. The highest BCUT2D eigenvalue weighted by Gasteiger charge is 2.46. The van der Waals surface area contributed by atoms with Crippen LogP contribution in [0.3, 0.4) is 0 Å². The van der Waals surface area contributed by atoms with E-state index in [1.54, 1.807) is 6.92 Å². The van der Waals surface area contributed by atoms with Crippen LogP contribution in [0.15, 0.2) is 0 Å². The summed E-state index contributed by atoms with van der Waals surface area (Å²) >= 11 is 0. The Bertz CT molecular complexity index is 433. The summed E-state index contributed by atoms with van der Waals surface area (Å²) in [5.41, 5.74) is 0. The molecule has 2 fully saturated rings. The third kappa shape index (κ3) is 4.03. The fourth-order valence-electron chi connectivity index (χ4n) is 2.78. The van der Waals surface area contributed by atoms with E-state index in [0.29, 0.717) is 6.42 Å². The molecule has 0 aromatic rings. The highest BCUT2D eigenvalue weighted by molar-refractivity contribution is 6.06. The van der Waals surface area contributed by atoms with Crippen LogP contribution in [-0.2, 0) is 14.4 Å². The van der Waals surface area contributed by atoms with Crippen molar-refractivity contribution in [2.75, 3.05) is 0 Å². The summed E-state index contributed by atoms with van der Waals surface area (Å²) in [6.45, 7) is 3.68. The second-order valence-corrected chi connectivity index (χ2v) is 6.33. The zero-order valence-corrected chi connectivity index (χ0v) is 12.7. The molecule has 2 rings (SSSR count). The van der Waals surface area contributed by atoms with Crippen molar-refractivity contribution in [2.45, 2.75) is 70.5 Å². The molecule has 118 valence electrons. The van der Waals surface area contributed by atoms with Crippen LogP contribution in [0.1, 0.15) is 52.4 Å². The lowest BCUT2D eigenvalue weighted by Gasteiger charge is -2.19. The molecule has 1 aliphatic carbocycles. The minimum Gasteiger partial charge on any atom is -0.481 e. The van der Waals surface area contributed by atoms with Crippen LogP contribution < -0.4 is 5.32 Å². The molecular formula is C15H24N2O4. The molecular weight excluding hydrogens is 272 g/mol. The summed E-state index contributed by atoms with van der Waals surface area (Å²) < 4.78 is 0. The van der Waals surface area contributed by atoms with Crippen LogP contribution in [0.4, 0.5) is 0 Å². The Hall–Kier alpha value is -1.43. The number of nitrogens with one attached hydrogen (secondary N) is 1. The molecule has 0 bridgehead atoms. The lowest BCUT2D eigenvalue weighted by atomic mass is 10.0. The Kier molecular flexibility index (Phi) is 4.98. The molecule has 2 amide bonds. The molecule has 3 unspecified atom stereocenters. The number of rotatable bonds is 8. The van der Waals surface area contributed by atoms with Gasteiger partial charge in [-0.25, -0.2) is 0 Å². The quantitative estimate of drug-likeness (QED) is 0.656. The summed E-state index contributed by atoms with van der Waals surface area (Å²) in [6.07, 6.45) is 4.36. The summed E-state index contributed by atoms with van der Waals surface area (Å²) in [6, 6.07) is -0.152. The van der Waals surface area contributed by atoms with E-state index in [-0.39, 0.29) is 36.2 Å². The summed E-state index contributed by atoms with van der Waals surface area (Å²) in [7, 11) is 0. The molecule has 0 radical (unpaired) electrons. The van der Waals surface area contributed by atoms with E-state index in [9.17, 15) is 14.4 Å². The number of likely N-dealkylation sites (tertiary alicyclic amines) is 1. The van der Waals surface area contributed by atoms with Crippen molar-refractivity contribution in [3.8, 4) is 0 Å². The second-order valence-electron chi connectivity index (χ2n) is 6.33. The van der Waals surface area contributed by atoms with E-state index < -0.39 is 12.0 Å². The van der Waals surface area contributed by atoms with Crippen molar-refractivity contribution >= 4 is 17.8 Å². The standard InChI is InChI=1S/C15H24N2O4/c1-9(15(20)21)4-3-5-10(2)16-12-8-13(18)17(14(12)19)11-6-7-11/h9-12,16H,3-8H2,1-2H3,(H,20,21). The van der Waals surface area contributed by atoms with Gasteiger partial charge in [-0.05, 0) is 32.6 Å². The molecule has 0 aromatic carbocycles. The molecule has 21 heavy (non-hydrogen) atoms. The minimum atomic E-state index is -0.771. The normalized spacial score (nSPS) is 25.2. The number of carboxylic acid groups (broad SMARTS) is 1. The molecule has 2 aliphatic rings. The maximum atomic E-state index is 12.2. The number of carbonyl (C=O) groups is 3. The van der Waals surface area contributed by atoms with E-state index in [1.165, 1.54) is 4.90 Å². The highest BCUT2D eigenvalue weighted by Crippen LogP contribution is 2.31. The van der Waals surface area contributed by atoms with Gasteiger partial charge < -0.3 is 10.4 Å². The first kappa shape index (κ1) is 15.9. The van der Waals surface area contributed by atoms with E-state index >= 15 is 0 Å². The monoisotopic (exact) mass is 296 g/mol. The van der Waals surface area contributed by atoms with Gasteiger partial charge in [-0.3, -0.25) is 19.3 Å². The third-order valence-corrected chi connectivity index (χ3v) is 4.28. The number of hydrogen-bond donors (Lipinski definition) is 2. The zero-order valence-electron chi connectivity index (χ0n) is 12.7. The smallest absolute Gasteiger partial charge is 0.306 e. The molecule has 6 heteroatoms. The number of nitrogens with zero attached hydrogens (tertiary/aromatic N) is 1. The van der Waals surface area contributed by atoms with Crippen molar-refractivity contribution in [3.63, 3.8) is 0 Å². The largest absolute Gasteiger partial charge is 0.481 e. The zero-order chi connectivity index (χ0) is 15.6. The van der Waals surface area contributed by atoms with E-state index in [0.717, 1.165) is 25.7 Å². The van der Waals surface area contributed by atoms with E-state index in [4.69, 9.17) is 5.11 Å². The van der Waals surface area contributed by atoms with Gasteiger partial charge in [0, 0.05) is 12.1 Å². The van der Waals surface area contributed by atoms with Gasteiger partial charge in [0.2, 0.25) is 11.8 Å². The van der Waals surface area contributed by atoms with Crippen molar-refractivity contribution in [3.05, 3.63) is 0 Å². The maximum absolute atomic E-state index is 12.2. The number of amides is 2. The van der Waals surface area contributed by atoms with Gasteiger partial charge in [0.05, 0.1) is 18.4 Å². The molecule has 6 nitrogen and oxygen atoms in total. The second kappa shape index (κ2) is 6.56. The summed E-state index contributed by atoms with van der Waals surface area (Å²) in [4.78, 5) is 36.2. The molecule has 1 saturated carbocycles. The Balaban J connectivity index is 1.73. The number of imide groups is 1. The lowest BCUT2D eigenvalue weighted by molar-refractivity contribution is -0.141. The van der Waals surface area contributed by atoms with Gasteiger partial charge in [0.15, 0.2) is 0 Å². The fourth-order valence-corrected chi connectivity index (χ4v) is 2.78. The third-order valence-electron chi connectivity index (χ3n) is 4.28. The van der Waals surface area contributed by atoms with Crippen molar-refractivity contribution in [1.29, 1.82) is 0 Å². The lowest BCUT2D eigenvalue weighted by Crippen LogP contribution is -2.43. The van der Waals surface area contributed by atoms with Gasteiger partial charge in [-0.15, -0.1) is 0 Å². The van der Waals surface area contributed by atoms with Gasteiger partial charge in [0.1, 0.15) is 0 Å². The molecule has 1 aliphatic heterocycles. The van der Waals surface area contributed by atoms with Gasteiger partial charge in [-0.2, -0.15) is 0 Å². The average Bonchev–Trinajstić information content (AvgIpc) is 3.18. The maximum Gasteiger partial charge on any atom is 0.306 e. The van der Waals surface area contributed by atoms with Gasteiger partial charge >= 0.3 is 5.97 Å². The van der Waals surface area contributed by atoms with Gasteiger partial charge in [0.25, 0.3) is 0 Å². The molecule has 3 atom stereocenters. The number of hydrogen-bond acceptors (Lipinski definition) is 4. The van der Waals surface area contributed by atoms with Crippen molar-refractivity contribution < 1.29 is 19.5 Å². The van der Waals surface area contributed by atoms with Crippen LogP contribution in [0.25, 0.3) is 0 Å². The van der Waals surface area contributed by atoms with Crippen molar-refractivity contribution in [2.24, 2.45) is 5.92 Å². The molecule has 1 heterocycles. The van der Waals surface area contributed by atoms with Crippen LogP contribution in [-0.4, -0.2) is 45.9 Å². The Morgan fingerprint density at radius 3 is 2.57 bits per heavy atom. The first-order valence-corrected chi connectivity index (χ1v) is 7.75. The average molecular weight is 296 g/mol. The van der Waals surface area contributed by atoms with Crippen LogP contribution in [0, 0.1) is 5.92 Å². The number of aliphatic carboxylic acids is 1. The summed E-state index contributed by atoms with van der Waals surface area (Å²) in [5.74, 6) is -1.26. The predicted octanol–water partition coefficient (Wildman–Crippen LogP) is 1.15. The first-order valence-electron chi connectivity index (χ1n) is 7.75. The van der Waals surface area contributed by atoms with Crippen LogP contribution in [0.5, 0.6) is 0 Å².